The second-order valence-electron chi connectivity index (χ2n) is 10.9. The fourth-order valence-corrected chi connectivity index (χ4v) is 5.23. The smallest absolute Gasteiger partial charge is 0.404 e. The maximum absolute atomic E-state index is 15.0. The molecule has 3 aromatic rings. The molecule has 2 heterocycles. The van der Waals surface area contributed by atoms with Gasteiger partial charge in [-0.25, -0.2) is 19.2 Å². The Kier molecular flexibility index (Phi) is 9.40. The van der Waals surface area contributed by atoms with Crippen molar-refractivity contribution in [2.45, 2.75) is 72.2 Å². The van der Waals surface area contributed by atoms with Crippen molar-refractivity contribution in [2.24, 2.45) is 5.73 Å². The fourth-order valence-electron chi connectivity index (χ4n) is 3.69. The SMILES string of the molecule is Cc1noc(C)c1-c1nc(-c2cc(OC[C@@H](CCOC(N)=O)O[Si](C)(C)C(C)(C)C)ccc2F)nc(Cl)c1C. The van der Waals surface area contributed by atoms with Crippen molar-refractivity contribution in [3.63, 3.8) is 0 Å². The number of amides is 1. The highest BCUT2D eigenvalue weighted by atomic mass is 35.5. The number of ether oxygens (including phenoxy) is 2. The minimum atomic E-state index is -2.17. The molecule has 3 rings (SSSR count). The molecule has 0 unspecified atom stereocenters. The van der Waals surface area contributed by atoms with Crippen molar-refractivity contribution in [2.75, 3.05) is 13.2 Å². The van der Waals surface area contributed by atoms with Crippen molar-refractivity contribution >= 4 is 26.0 Å². The Morgan fingerprint density at radius 2 is 1.90 bits per heavy atom. The number of hydrogen-bond donors (Lipinski definition) is 1. The quantitative estimate of drug-likeness (QED) is 0.206. The molecule has 0 fully saturated rings. The molecular weight excluding hydrogens is 543 g/mol. The zero-order valence-electron chi connectivity index (χ0n) is 23.6. The summed E-state index contributed by atoms with van der Waals surface area (Å²) < 4.78 is 37.8. The molecule has 12 heteroatoms. The first-order valence-corrected chi connectivity index (χ1v) is 15.9. The van der Waals surface area contributed by atoms with E-state index < -0.39 is 20.2 Å². The molecule has 0 radical (unpaired) electrons. The maximum atomic E-state index is 15.0. The van der Waals surface area contributed by atoms with Crippen LogP contribution in [0.2, 0.25) is 23.3 Å². The van der Waals surface area contributed by atoms with Crippen molar-refractivity contribution in [3.05, 3.63) is 46.2 Å². The standard InChI is InChI=1S/C27H36ClFN4O5Si/c1-15-23(22-16(2)33-37-17(22)3)31-25(32-24(15)28)20-13-18(9-10-21(20)29)36-14-19(11-12-35-26(30)34)38-39(7,8)27(4,5)6/h9-10,13,19H,11-12,14H2,1-8H3,(H2,30,34)/t19-/m1/s1. The van der Waals surface area contributed by atoms with E-state index in [1.165, 1.54) is 18.2 Å². The Hall–Kier alpha value is -3.02. The topological polar surface area (TPSA) is 123 Å². The number of aryl methyl sites for hydroxylation is 2. The Bertz CT molecular complexity index is 1320. The Morgan fingerprint density at radius 3 is 2.49 bits per heavy atom. The summed E-state index contributed by atoms with van der Waals surface area (Å²) in [5.74, 6) is 0.538. The van der Waals surface area contributed by atoms with Gasteiger partial charge in [-0.2, -0.15) is 0 Å². The number of primary amides is 1. The van der Waals surface area contributed by atoms with E-state index in [4.69, 9.17) is 35.8 Å². The van der Waals surface area contributed by atoms with Gasteiger partial charge < -0.3 is 24.2 Å². The van der Waals surface area contributed by atoms with E-state index in [2.05, 4.69) is 49.0 Å². The number of carbonyl (C=O) groups excluding carboxylic acids is 1. The monoisotopic (exact) mass is 578 g/mol. The number of rotatable bonds is 10. The van der Waals surface area contributed by atoms with Crippen molar-refractivity contribution in [1.29, 1.82) is 0 Å². The minimum absolute atomic E-state index is 0.0419. The average molecular weight is 579 g/mol. The summed E-state index contributed by atoms with van der Waals surface area (Å²) in [6.07, 6.45) is -0.839. The fraction of sp³-hybridized carbons (Fsp3) is 0.481. The molecule has 2 aromatic heterocycles. The molecule has 2 N–H and O–H groups in total. The zero-order valence-corrected chi connectivity index (χ0v) is 25.4. The first-order chi connectivity index (χ1) is 18.1. The van der Waals surface area contributed by atoms with Crippen LogP contribution in [0.5, 0.6) is 5.75 Å². The summed E-state index contributed by atoms with van der Waals surface area (Å²) in [7, 11) is -2.17. The highest BCUT2D eigenvalue weighted by Gasteiger charge is 2.39. The van der Waals surface area contributed by atoms with Crippen molar-refractivity contribution in [3.8, 4) is 28.4 Å². The Balaban J connectivity index is 1.89. The first-order valence-electron chi connectivity index (χ1n) is 12.6. The number of nitrogens with two attached hydrogens (primary N) is 1. The number of nitrogens with zero attached hydrogens (tertiary/aromatic N) is 3. The largest absolute Gasteiger partial charge is 0.491 e. The van der Waals surface area contributed by atoms with Gasteiger partial charge in [0.25, 0.3) is 0 Å². The van der Waals surface area contributed by atoms with Gasteiger partial charge in [-0.15, -0.1) is 0 Å². The van der Waals surface area contributed by atoms with Crippen LogP contribution in [0.3, 0.4) is 0 Å². The molecule has 0 saturated heterocycles. The average Bonchev–Trinajstić information content (AvgIpc) is 3.16. The zero-order chi connectivity index (χ0) is 29.1. The van der Waals surface area contributed by atoms with Crippen LogP contribution in [0.4, 0.5) is 9.18 Å². The second kappa shape index (κ2) is 12.0. The van der Waals surface area contributed by atoms with Crippen LogP contribution in [-0.4, -0.2) is 48.9 Å². The molecule has 1 atom stereocenters. The van der Waals surface area contributed by atoms with Crippen LogP contribution in [0.1, 0.15) is 44.2 Å². The normalized spacial score (nSPS) is 12.9. The minimum Gasteiger partial charge on any atom is -0.491 e. The maximum Gasteiger partial charge on any atom is 0.404 e. The van der Waals surface area contributed by atoms with E-state index in [0.717, 1.165) is 0 Å². The highest BCUT2D eigenvalue weighted by molar-refractivity contribution is 6.74. The van der Waals surface area contributed by atoms with Crippen LogP contribution >= 0.6 is 11.6 Å². The highest BCUT2D eigenvalue weighted by Crippen LogP contribution is 2.38. The number of aromatic nitrogens is 3. The first kappa shape index (κ1) is 30.5. The summed E-state index contributed by atoms with van der Waals surface area (Å²) in [6.45, 7) is 16.2. The molecule has 9 nitrogen and oxygen atoms in total. The van der Waals surface area contributed by atoms with Gasteiger partial charge in [-0.3, -0.25) is 0 Å². The molecule has 39 heavy (non-hydrogen) atoms. The van der Waals surface area contributed by atoms with Crippen LogP contribution in [0, 0.1) is 26.6 Å². The molecule has 1 amide bonds. The summed E-state index contributed by atoms with van der Waals surface area (Å²) >= 11 is 6.44. The Labute approximate surface area is 234 Å². The lowest BCUT2D eigenvalue weighted by Gasteiger charge is -2.39. The summed E-state index contributed by atoms with van der Waals surface area (Å²) in [6, 6.07) is 4.33. The molecule has 0 aliphatic rings. The summed E-state index contributed by atoms with van der Waals surface area (Å²) in [4.78, 5) is 20.0. The molecule has 0 bridgehead atoms. The summed E-state index contributed by atoms with van der Waals surface area (Å²) in [5.41, 5.74) is 7.72. The third kappa shape index (κ3) is 7.34. The Morgan fingerprint density at radius 1 is 1.21 bits per heavy atom. The molecule has 212 valence electrons. The van der Waals surface area contributed by atoms with Crippen LogP contribution < -0.4 is 10.5 Å². The van der Waals surface area contributed by atoms with Crippen molar-refractivity contribution < 1.29 is 27.6 Å². The molecular formula is C27H36ClFN4O5Si. The third-order valence-corrected chi connectivity index (χ3v) is 11.8. The lowest BCUT2D eigenvalue weighted by molar-refractivity contribution is 0.0809. The van der Waals surface area contributed by atoms with Crippen LogP contribution in [0.25, 0.3) is 22.6 Å². The lowest BCUT2D eigenvalue weighted by Crippen LogP contribution is -2.45. The molecule has 0 spiro atoms. The molecule has 0 aliphatic carbocycles. The summed E-state index contributed by atoms with van der Waals surface area (Å²) in [5, 5.41) is 4.14. The van der Waals surface area contributed by atoms with Gasteiger partial charge in [0.1, 0.15) is 29.1 Å². The number of hydrogen-bond acceptors (Lipinski definition) is 8. The van der Waals surface area contributed by atoms with Crippen molar-refractivity contribution in [1.82, 2.24) is 15.1 Å². The predicted molar refractivity (Wildman–Crippen MR) is 150 cm³/mol. The van der Waals surface area contributed by atoms with E-state index in [1.807, 2.05) is 0 Å². The molecule has 1 aromatic carbocycles. The van der Waals surface area contributed by atoms with E-state index >= 15 is 4.39 Å². The number of carbonyl (C=O) groups is 1. The van der Waals surface area contributed by atoms with Crippen LogP contribution in [-0.2, 0) is 9.16 Å². The van der Waals surface area contributed by atoms with Gasteiger partial charge in [0, 0.05) is 12.0 Å². The van der Waals surface area contributed by atoms with E-state index in [9.17, 15) is 4.79 Å². The van der Waals surface area contributed by atoms with Gasteiger partial charge in [-0.1, -0.05) is 37.5 Å². The van der Waals surface area contributed by atoms with Gasteiger partial charge in [-0.05, 0) is 57.1 Å². The predicted octanol–water partition coefficient (Wildman–Crippen LogP) is 6.77. The molecule has 0 aliphatic heterocycles. The van der Waals surface area contributed by atoms with Gasteiger partial charge in [0.05, 0.1) is 35.2 Å². The van der Waals surface area contributed by atoms with Gasteiger partial charge in [0.15, 0.2) is 14.1 Å². The van der Waals surface area contributed by atoms with Gasteiger partial charge >= 0.3 is 6.09 Å². The van der Waals surface area contributed by atoms with E-state index in [0.29, 0.717) is 40.4 Å². The van der Waals surface area contributed by atoms with E-state index in [1.54, 1.807) is 20.8 Å². The van der Waals surface area contributed by atoms with E-state index in [-0.39, 0.29) is 40.9 Å². The second-order valence-corrected chi connectivity index (χ2v) is 16.0. The number of halogens is 2. The molecule has 0 saturated carbocycles. The van der Waals surface area contributed by atoms with Gasteiger partial charge in [0.2, 0.25) is 0 Å². The van der Waals surface area contributed by atoms with Crippen LogP contribution in [0.15, 0.2) is 22.7 Å². The lowest BCUT2D eigenvalue weighted by atomic mass is 10.1. The number of benzene rings is 1. The third-order valence-electron chi connectivity index (χ3n) is 6.92.